The number of nitrogens with two attached hydrogens (primary N) is 1. The van der Waals surface area contributed by atoms with Gasteiger partial charge in [-0.25, -0.2) is 9.59 Å². The van der Waals surface area contributed by atoms with Crippen LogP contribution in [0, 0.1) is 11.3 Å². The van der Waals surface area contributed by atoms with Crippen molar-refractivity contribution in [3.05, 3.63) is 71.2 Å². The summed E-state index contributed by atoms with van der Waals surface area (Å²) in [5.74, 6) is -1.10. The van der Waals surface area contributed by atoms with Gasteiger partial charge in [0.15, 0.2) is 5.76 Å². The maximum absolute atomic E-state index is 12.9. The first kappa shape index (κ1) is 36.2. The number of esters is 1. The quantitative estimate of drug-likeness (QED) is 0.142. The van der Waals surface area contributed by atoms with Gasteiger partial charge in [-0.1, -0.05) is 81.3 Å². The van der Waals surface area contributed by atoms with Gasteiger partial charge in [-0.05, 0) is 31.5 Å². The van der Waals surface area contributed by atoms with Crippen LogP contribution in [0.2, 0.25) is 0 Å². The zero-order valence-corrected chi connectivity index (χ0v) is 26.2. The van der Waals surface area contributed by atoms with Crippen molar-refractivity contribution in [1.82, 2.24) is 10.6 Å². The Labute approximate surface area is 253 Å². The normalized spacial score (nSPS) is 18.8. The van der Waals surface area contributed by atoms with Gasteiger partial charge in [0, 0.05) is 36.3 Å². The smallest absolute Gasteiger partial charge is 0.404 e. The Balaban J connectivity index is 2.70. The van der Waals surface area contributed by atoms with Gasteiger partial charge in [0.1, 0.15) is 18.2 Å². The zero-order valence-electron chi connectivity index (χ0n) is 25.4. The van der Waals surface area contributed by atoms with Crippen LogP contribution in [0.4, 0.5) is 4.79 Å². The molecule has 4 atom stereocenters. The fourth-order valence-electron chi connectivity index (χ4n) is 3.93. The van der Waals surface area contributed by atoms with Gasteiger partial charge in [0.05, 0.1) is 7.11 Å². The number of carbonyl (C=O) groups is 4. The highest BCUT2D eigenvalue weighted by atomic mass is 35.5. The fourth-order valence-corrected chi connectivity index (χ4v) is 4.02. The molecule has 0 saturated heterocycles. The van der Waals surface area contributed by atoms with E-state index < -0.39 is 41.4 Å². The lowest BCUT2D eigenvalue weighted by Crippen LogP contribution is -2.52. The molecule has 0 aromatic heterocycles. The van der Waals surface area contributed by atoms with Gasteiger partial charge >= 0.3 is 12.1 Å². The van der Waals surface area contributed by atoms with Crippen LogP contribution in [0.3, 0.4) is 0 Å². The third kappa shape index (κ3) is 14.2. The molecule has 0 radical (unpaired) electrons. The Morgan fingerprint density at radius 3 is 2.43 bits per heavy atom. The first-order chi connectivity index (χ1) is 19.6. The molecule has 4 N–H and O–H groups in total. The van der Waals surface area contributed by atoms with Gasteiger partial charge in [0.25, 0.3) is 0 Å². The van der Waals surface area contributed by atoms with Crippen LogP contribution < -0.4 is 16.4 Å². The number of amides is 3. The number of ether oxygens (including phenoxy) is 3. The third-order valence-electron chi connectivity index (χ3n) is 6.15. The van der Waals surface area contributed by atoms with Gasteiger partial charge < -0.3 is 30.6 Å². The second-order valence-corrected chi connectivity index (χ2v) is 11.6. The lowest BCUT2D eigenvalue weighted by atomic mass is 9.86. The highest BCUT2D eigenvalue weighted by Gasteiger charge is 2.32. The number of cyclic esters (lactones) is 1. The summed E-state index contributed by atoms with van der Waals surface area (Å²) in [5.41, 5.74) is 5.48. The van der Waals surface area contributed by atoms with Crippen LogP contribution in [0.5, 0.6) is 0 Å². The Kier molecular flexibility index (Phi) is 15.4. The van der Waals surface area contributed by atoms with Crippen LogP contribution in [-0.2, 0) is 28.6 Å². The van der Waals surface area contributed by atoms with Crippen molar-refractivity contribution in [3.63, 3.8) is 0 Å². The maximum atomic E-state index is 12.9. The van der Waals surface area contributed by atoms with Crippen molar-refractivity contribution in [2.45, 2.75) is 79.1 Å². The monoisotopic (exact) mass is 605 g/mol. The van der Waals surface area contributed by atoms with Crippen LogP contribution >= 0.6 is 11.6 Å². The summed E-state index contributed by atoms with van der Waals surface area (Å²) in [7, 11) is 1.43. The molecule has 0 saturated carbocycles. The number of allylic oxidation sites excluding steroid dienone is 5. The standard InChI is InChI=1S/C31H44ClN3O7/c1-20(19-21(2)24-16-17-25(40-7)29(38)42-24)11-8-9-13-26(36)35-27(31(4,5)6)28(37)34-18-10-12-23(41-30(33)39)15-14-22(3)32/h8-11,13-14,17-19,21,23-24,27H,12,15-16H2,1-7H3,(H2,33,39)(H,34,37)(H,35,36)/b11-8-,13-9-,18-10-,20-19+,22-14+/t21-,23+,24-,27+/m0/s1. The topological polar surface area (TPSA) is 146 Å². The summed E-state index contributed by atoms with van der Waals surface area (Å²) in [6, 6.07) is -0.823. The Morgan fingerprint density at radius 2 is 1.86 bits per heavy atom. The minimum Gasteiger partial charge on any atom is -0.490 e. The number of halogens is 1. The van der Waals surface area contributed by atoms with Gasteiger partial charge in [-0.2, -0.15) is 0 Å². The molecule has 0 spiro atoms. The van der Waals surface area contributed by atoms with Crippen molar-refractivity contribution in [2.24, 2.45) is 17.1 Å². The van der Waals surface area contributed by atoms with E-state index in [4.69, 9.17) is 31.5 Å². The molecule has 0 aromatic carbocycles. The number of hydrogen-bond acceptors (Lipinski definition) is 7. The highest BCUT2D eigenvalue weighted by Crippen LogP contribution is 2.23. The minimum atomic E-state index is -0.900. The molecule has 232 valence electrons. The van der Waals surface area contributed by atoms with Crippen LogP contribution in [0.1, 0.15) is 60.8 Å². The number of rotatable bonds is 14. The SMILES string of the molecule is COC1=CC[C@@H]([C@@H](C)/C=C(C)/C=C\C=C/C(=O)N[C@H](C(=O)N/C=C\C[C@H](C/C=C(\C)Cl)OC(N)=O)C(C)(C)C)OC1=O. The molecule has 1 heterocycles. The van der Waals surface area contributed by atoms with E-state index in [1.165, 1.54) is 19.4 Å². The van der Waals surface area contributed by atoms with Crippen molar-refractivity contribution >= 4 is 35.5 Å². The second-order valence-electron chi connectivity index (χ2n) is 11.0. The summed E-state index contributed by atoms with van der Waals surface area (Å²) in [6.07, 6.45) is 14.5. The summed E-state index contributed by atoms with van der Waals surface area (Å²) in [5, 5.41) is 5.98. The summed E-state index contributed by atoms with van der Waals surface area (Å²) >= 11 is 5.84. The Hall–Kier alpha value is -3.79. The molecule has 42 heavy (non-hydrogen) atoms. The molecule has 11 heteroatoms. The number of primary amides is 1. The minimum absolute atomic E-state index is 0.0196. The van der Waals surface area contributed by atoms with Gasteiger partial charge in [-0.3, -0.25) is 9.59 Å². The van der Waals surface area contributed by atoms with E-state index in [0.29, 0.717) is 24.3 Å². The van der Waals surface area contributed by atoms with Crippen LogP contribution in [0.15, 0.2) is 71.2 Å². The zero-order chi connectivity index (χ0) is 31.9. The lowest BCUT2D eigenvalue weighted by molar-refractivity contribution is -0.151. The summed E-state index contributed by atoms with van der Waals surface area (Å²) < 4.78 is 15.5. The largest absolute Gasteiger partial charge is 0.490 e. The Bertz CT molecular complexity index is 1140. The third-order valence-corrected chi connectivity index (χ3v) is 6.30. The van der Waals surface area contributed by atoms with Crippen molar-refractivity contribution in [3.8, 4) is 0 Å². The van der Waals surface area contributed by atoms with E-state index in [9.17, 15) is 19.2 Å². The van der Waals surface area contributed by atoms with Gasteiger partial charge in [-0.15, -0.1) is 0 Å². The molecule has 0 bridgehead atoms. The van der Waals surface area contributed by atoms with E-state index in [1.54, 1.807) is 37.3 Å². The Morgan fingerprint density at radius 1 is 1.19 bits per heavy atom. The van der Waals surface area contributed by atoms with Gasteiger partial charge in [0.2, 0.25) is 11.8 Å². The molecular weight excluding hydrogens is 562 g/mol. The molecule has 3 amide bonds. The van der Waals surface area contributed by atoms with Crippen LogP contribution in [0.25, 0.3) is 0 Å². The second kappa shape index (κ2) is 17.9. The van der Waals surface area contributed by atoms with Crippen LogP contribution in [-0.4, -0.2) is 49.2 Å². The van der Waals surface area contributed by atoms with E-state index >= 15 is 0 Å². The predicted octanol–water partition coefficient (Wildman–Crippen LogP) is 5.07. The molecule has 0 unspecified atom stereocenters. The van der Waals surface area contributed by atoms with E-state index in [-0.39, 0.29) is 17.8 Å². The molecule has 1 aliphatic heterocycles. The number of nitrogens with one attached hydrogen (secondary N) is 2. The molecular formula is C31H44ClN3O7. The molecule has 1 aliphatic rings. The predicted molar refractivity (Wildman–Crippen MR) is 163 cm³/mol. The lowest BCUT2D eigenvalue weighted by Gasteiger charge is -2.29. The summed E-state index contributed by atoms with van der Waals surface area (Å²) in [6.45, 7) is 11.1. The number of carbonyl (C=O) groups excluding carboxylic acids is 4. The fraction of sp³-hybridized carbons (Fsp3) is 0.484. The summed E-state index contributed by atoms with van der Waals surface area (Å²) in [4.78, 5) is 48.5. The number of methoxy groups -OCH3 is 1. The highest BCUT2D eigenvalue weighted by molar-refractivity contribution is 6.29. The molecule has 0 aliphatic carbocycles. The molecule has 1 rings (SSSR count). The number of hydrogen-bond donors (Lipinski definition) is 3. The van der Waals surface area contributed by atoms with Crippen molar-refractivity contribution < 1.29 is 33.4 Å². The van der Waals surface area contributed by atoms with Crippen molar-refractivity contribution in [1.29, 1.82) is 0 Å². The maximum Gasteiger partial charge on any atom is 0.404 e. The average Bonchev–Trinajstić information content (AvgIpc) is 2.89. The van der Waals surface area contributed by atoms with E-state index in [2.05, 4.69) is 10.6 Å². The average molecular weight is 606 g/mol. The van der Waals surface area contributed by atoms with E-state index in [1.807, 2.05) is 46.8 Å². The first-order valence-corrected chi connectivity index (χ1v) is 14.0. The van der Waals surface area contributed by atoms with E-state index in [0.717, 1.165) is 5.57 Å². The van der Waals surface area contributed by atoms with Crippen molar-refractivity contribution in [2.75, 3.05) is 7.11 Å². The molecule has 10 nitrogen and oxygen atoms in total. The first-order valence-electron chi connectivity index (χ1n) is 13.7. The molecule has 0 aromatic rings. The molecule has 0 fully saturated rings.